The lowest BCUT2D eigenvalue weighted by Gasteiger charge is -2.07. The van der Waals surface area contributed by atoms with E-state index in [0.717, 1.165) is 35.6 Å². The topological polar surface area (TPSA) is 80.0 Å². The number of rotatable bonds is 7. The molecule has 1 heterocycles. The number of carbonyl (C=O) groups is 1. The maximum Gasteiger partial charge on any atom is 0.335 e. The van der Waals surface area contributed by atoms with E-state index >= 15 is 0 Å². The molecule has 29 heavy (non-hydrogen) atoms. The highest BCUT2D eigenvalue weighted by molar-refractivity contribution is 5.87. The summed E-state index contributed by atoms with van der Waals surface area (Å²) in [7, 11) is 0. The summed E-state index contributed by atoms with van der Waals surface area (Å²) in [5, 5.41) is 20.9. The summed E-state index contributed by atoms with van der Waals surface area (Å²) in [4.78, 5) is 11.0. The SMILES string of the molecule is O=C(O)c1ccc(-n2cc(-c3cccc(NCCc4ccccc4)c3)nn2)cc1. The molecule has 6 heteroatoms. The summed E-state index contributed by atoms with van der Waals surface area (Å²) in [5.41, 5.74) is 5.03. The van der Waals surface area contributed by atoms with Crippen LogP contribution in [0, 0.1) is 0 Å². The van der Waals surface area contributed by atoms with Gasteiger partial charge in [-0.3, -0.25) is 0 Å². The molecule has 4 rings (SSSR count). The molecule has 0 fully saturated rings. The van der Waals surface area contributed by atoms with Gasteiger partial charge in [-0.05, 0) is 48.4 Å². The van der Waals surface area contributed by atoms with Gasteiger partial charge in [0.2, 0.25) is 0 Å². The lowest BCUT2D eigenvalue weighted by Crippen LogP contribution is -2.04. The quantitative estimate of drug-likeness (QED) is 0.497. The van der Waals surface area contributed by atoms with Crippen molar-refractivity contribution in [3.63, 3.8) is 0 Å². The molecule has 0 aliphatic carbocycles. The molecule has 0 atom stereocenters. The minimum absolute atomic E-state index is 0.239. The molecule has 2 N–H and O–H groups in total. The Balaban J connectivity index is 1.45. The van der Waals surface area contributed by atoms with Crippen molar-refractivity contribution < 1.29 is 9.90 Å². The fourth-order valence-electron chi connectivity index (χ4n) is 3.06. The molecular formula is C23H20N4O2. The molecule has 0 aliphatic heterocycles. The third-order valence-electron chi connectivity index (χ3n) is 4.62. The van der Waals surface area contributed by atoms with Crippen LogP contribution in [0.3, 0.4) is 0 Å². The van der Waals surface area contributed by atoms with Crippen molar-refractivity contribution in [2.75, 3.05) is 11.9 Å². The molecule has 0 radical (unpaired) electrons. The van der Waals surface area contributed by atoms with Gasteiger partial charge in [0.1, 0.15) is 5.69 Å². The average Bonchev–Trinajstić information content (AvgIpc) is 3.25. The van der Waals surface area contributed by atoms with Crippen LogP contribution in [0.25, 0.3) is 16.9 Å². The molecule has 144 valence electrons. The number of carboxylic acids is 1. The first-order chi connectivity index (χ1) is 14.2. The second-order valence-corrected chi connectivity index (χ2v) is 6.64. The third-order valence-corrected chi connectivity index (χ3v) is 4.62. The van der Waals surface area contributed by atoms with Crippen LogP contribution in [0.4, 0.5) is 5.69 Å². The Hall–Kier alpha value is -3.93. The second-order valence-electron chi connectivity index (χ2n) is 6.64. The molecule has 1 aromatic heterocycles. The average molecular weight is 384 g/mol. The molecule has 0 aliphatic rings. The zero-order valence-corrected chi connectivity index (χ0v) is 15.7. The van der Waals surface area contributed by atoms with Crippen LogP contribution < -0.4 is 5.32 Å². The van der Waals surface area contributed by atoms with E-state index in [1.807, 2.05) is 36.5 Å². The summed E-state index contributed by atoms with van der Waals surface area (Å²) in [6, 6.07) is 25.0. The fourth-order valence-corrected chi connectivity index (χ4v) is 3.06. The Morgan fingerprint density at radius 3 is 2.52 bits per heavy atom. The van der Waals surface area contributed by atoms with E-state index in [9.17, 15) is 4.79 Å². The molecule has 0 bridgehead atoms. The van der Waals surface area contributed by atoms with E-state index in [1.165, 1.54) is 5.56 Å². The van der Waals surface area contributed by atoms with Crippen molar-refractivity contribution in [3.05, 3.63) is 96.2 Å². The summed E-state index contributed by atoms with van der Waals surface area (Å²) in [6.45, 7) is 0.843. The molecule has 3 aromatic carbocycles. The van der Waals surface area contributed by atoms with Gasteiger partial charge < -0.3 is 10.4 Å². The molecule has 0 saturated carbocycles. The largest absolute Gasteiger partial charge is 0.478 e. The van der Waals surface area contributed by atoms with Crippen molar-refractivity contribution in [2.45, 2.75) is 6.42 Å². The minimum Gasteiger partial charge on any atom is -0.478 e. The fraction of sp³-hybridized carbons (Fsp3) is 0.0870. The number of hydrogen-bond acceptors (Lipinski definition) is 4. The van der Waals surface area contributed by atoms with Gasteiger partial charge in [-0.2, -0.15) is 0 Å². The number of nitrogens with zero attached hydrogens (tertiary/aromatic N) is 3. The zero-order chi connectivity index (χ0) is 20.1. The van der Waals surface area contributed by atoms with Crippen LogP contribution in [-0.2, 0) is 6.42 Å². The van der Waals surface area contributed by atoms with Crippen molar-refractivity contribution in [1.82, 2.24) is 15.0 Å². The van der Waals surface area contributed by atoms with Crippen LogP contribution >= 0.6 is 0 Å². The minimum atomic E-state index is -0.951. The standard InChI is InChI=1S/C23H20N4O2/c28-23(29)18-9-11-21(12-10-18)27-16-22(25-26-27)19-7-4-8-20(15-19)24-14-13-17-5-2-1-3-6-17/h1-12,15-16,24H,13-14H2,(H,28,29). The number of nitrogens with one attached hydrogen (secondary N) is 1. The van der Waals surface area contributed by atoms with Gasteiger partial charge in [0.25, 0.3) is 0 Å². The van der Waals surface area contributed by atoms with E-state index < -0.39 is 5.97 Å². The van der Waals surface area contributed by atoms with Crippen molar-refractivity contribution in [2.24, 2.45) is 0 Å². The highest BCUT2D eigenvalue weighted by atomic mass is 16.4. The molecule has 4 aromatic rings. The number of anilines is 1. The molecule has 0 unspecified atom stereocenters. The van der Waals surface area contributed by atoms with Crippen LogP contribution in [0.2, 0.25) is 0 Å². The van der Waals surface area contributed by atoms with Gasteiger partial charge in [0.05, 0.1) is 17.4 Å². The number of benzene rings is 3. The first-order valence-corrected chi connectivity index (χ1v) is 9.33. The maximum absolute atomic E-state index is 11.0. The van der Waals surface area contributed by atoms with Crippen LogP contribution in [0.5, 0.6) is 0 Å². The number of aromatic nitrogens is 3. The van der Waals surface area contributed by atoms with Gasteiger partial charge in [-0.15, -0.1) is 5.10 Å². The third kappa shape index (κ3) is 4.50. The van der Waals surface area contributed by atoms with Gasteiger partial charge in [-0.25, -0.2) is 9.48 Å². The van der Waals surface area contributed by atoms with Gasteiger partial charge in [0.15, 0.2) is 0 Å². The molecule has 6 nitrogen and oxygen atoms in total. The van der Waals surface area contributed by atoms with Crippen LogP contribution in [0.15, 0.2) is 85.1 Å². The zero-order valence-electron chi connectivity index (χ0n) is 15.7. The first-order valence-electron chi connectivity index (χ1n) is 9.33. The van der Waals surface area contributed by atoms with E-state index in [1.54, 1.807) is 28.9 Å². The number of carboxylic acid groups (broad SMARTS) is 1. The highest BCUT2D eigenvalue weighted by Gasteiger charge is 2.08. The Bertz CT molecular complexity index is 1110. The predicted molar refractivity (Wildman–Crippen MR) is 112 cm³/mol. The summed E-state index contributed by atoms with van der Waals surface area (Å²) in [6.07, 6.45) is 2.78. The van der Waals surface area contributed by atoms with E-state index in [2.05, 4.69) is 39.9 Å². The Morgan fingerprint density at radius 2 is 1.76 bits per heavy atom. The lowest BCUT2D eigenvalue weighted by molar-refractivity contribution is 0.0697. The molecule has 0 spiro atoms. The predicted octanol–water partition coefficient (Wildman–Crippen LogP) is 4.29. The molecule has 0 saturated heterocycles. The maximum atomic E-state index is 11.0. The van der Waals surface area contributed by atoms with Crippen LogP contribution in [0.1, 0.15) is 15.9 Å². The summed E-state index contributed by atoms with van der Waals surface area (Å²) >= 11 is 0. The number of aromatic carboxylic acids is 1. The van der Waals surface area contributed by atoms with E-state index in [-0.39, 0.29) is 5.56 Å². The Morgan fingerprint density at radius 1 is 0.966 bits per heavy atom. The molecular weight excluding hydrogens is 364 g/mol. The van der Waals surface area contributed by atoms with Crippen molar-refractivity contribution in [1.29, 1.82) is 0 Å². The normalized spacial score (nSPS) is 10.6. The van der Waals surface area contributed by atoms with Crippen LogP contribution in [-0.4, -0.2) is 32.6 Å². The Labute approximate surface area is 168 Å². The smallest absolute Gasteiger partial charge is 0.335 e. The monoisotopic (exact) mass is 384 g/mol. The summed E-state index contributed by atoms with van der Waals surface area (Å²) in [5.74, 6) is -0.951. The van der Waals surface area contributed by atoms with Gasteiger partial charge in [0, 0.05) is 17.8 Å². The Kier molecular flexibility index (Phi) is 5.33. The second kappa shape index (κ2) is 8.39. The van der Waals surface area contributed by atoms with Crippen molar-refractivity contribution in [3.8, 4) is 16.9 Å². The summed E-state index contributed by atoms with van der Waals surface area (Å²) < 4.78 is 1.64. The van der Waals surface area contributed by atoms with Crippen molar-refractivity contribution >= 4 is 11.7 Å². The highest BCUT2D eigenvalue weighted by Crippen LogP contribution is 2.21. The first kappa shape index (κ1) is 18.4. The number of hydrogen-bond donors (Lipinski definition) is 2. The molecule has 0 amide bonds. The van der Waals surface area contributed by atoms with E-state index in [4.69, 9.17) is 5.11 Å². The van der Waals surface area contributed by atoms with E-state index in [0.29, 0.717) is 0 Å². The lowest BCUT2D eigenvalue weighted by atomic mass is 10.1. The van der Waals surface area contributed by atoms with Gasteiger partial charge >= 0.3 is 5.97 Å². The van der Waals surface area contributed by atoms with Gasteiger partial charge in [-0.1, -0.05) is 47.7 Å².